The Kier molecular flexibility index (Phi) is 6.80. The molecule has 2 heterocycles. The van der Waals surface area contributed by atoms with Gasteiger partial charge in [-0.15, -0.1) is 0 Å². The van der Waals surface area contributed by atoms with Gasteiger partial charge in [-0.2, -0.15) is 0 Å². The highest BCUT2D eigenvalue weighted by Gasteiger charge is 2.36. The van der Waals surface area contributed by atoms with Gasteiger partial charge in [-0.1, -0.05) is 48.5 Å². The second-order valence-corrected chi connectivity index (χ2v) is 9.78. The van der Waals surface area contributed by atoms with E-state index in [1.54, 1.807) is 30.3 Å². The highest BCUT2D eigenvalue weighted by molar-refractivity contribution is 8.18. The van der Waals surface area contributed by atoms with Crippen LogP contribution in [-0.4, -0.2) is 38.0 Å². The highest BCUT2D eigenvalue weighted by atomic mass is 32.2. The fourth-order valence-corrected chi connectivity index (χ4v) is 5.09. The molecule has 0 radical (unpaired) electrons. The lowest BCUT2D eigenvalue weighted by Gasteiger charge is -2.13. The summed E-state index contributed by atoms with van der Waals surface area (Å²) in [6.07, 6.45) is 3.55. The molecule has 1 N–H and O–H groups in total. The molecule has 0 bridgehead atoms. The van der Waals surface area contributed by atoms with Gasteiger partial charge in [-0.05, 0) is 48.0 Å². The molecular formula is C28H22N4O5S. The summed E-state index contributed by atoms with van der Waals surface area (Å²) in [5.41, 5.74) is 4.06. The van der Waals surface area contributed by atoms with E-state index in [0.717, 1.165) is 44.3 Å². The van der Waals surface area contributed by atoms with Gasteiger partial charge < -0.3 is 9.88 Å². The van der Waals surface area contributed by atoms with Crippen LogP contribution in [-0.2, 0) is 16.1 Å². The lowest BCUT2D eigenvalue weighted by Crippen LogP contribution is -2.36. The maximum Gasteiger partial charge on any atom is 0.294 e. The second-order valence-electron chi connectivity index (χ2n) is 8.78. The number of nitrogens with one attached hydrogen (secondary N) is 1. The summed E-state index contributed by atoms with van der Waals surface area (Å²) in [5.74, 6) is -0.977. The van der Waals surface area contributed by atoms with E-state index in [4.69, 9.17) is 0 Å². The third-order valence-electron chi connectivity index (χ3n) is 6.20. The van der Waals surface area contributed by atoms with Crippen LogP contribution in [0.5, 0.6) is 0 Å². The molecule has 4 aromatic rings. The molecule has 1 saturated heterocycles. The summed E-state index contributed by atoms with van der Waals surface area (Å²) in [6, 6.07) is 21.3. The zero-order chi connectivity index (χ0) is 26.8. The number of aromatic nitrogens is 1. The zero-order valence-electron chi connectivity index (χ0n) is 20.3. The molecule has 0 spiro atoms. The molecule has 1 aliphatic rings. The van der Waals surface area contributed by atoms with Crippen molar-refractivity contribution in [3.8, 4) is 0 Å². The third-order valence-corrected chi connectivity index (χ3v) is 7.11. The van der Waals surface area contributed by atoms with Crippen LogP contribution in [0.4, 0.5) is 16.2 Å². The summed E-state index contributed by atoms with van der Waals surface area (Å²) in [6.45, 7) is 1.95. The van der Waals surface area contributed by atoms with Gasteiger partial charge in [0.05, 0.1) is 9.83 Å². The topological polar surface area (TPSA) is 115 Å². The van der Waals surface area contributed by atoms with Gasteiger partial charge in [0.15, 0.2) is 0 Å². The smallest absolute Gasteiger partial charge is 0.294 e. The molecule has 9 nitrogen and oxygen atoms in total. The van der Waals surface area contributed by atoms with E-state index < -0.39 is 22.0 Å². The predicted octanol–water partition coefficient (Wildman–Crippen LogP) is 5.58. The number of para-hydroxylation sites is 2. The molecule has 0 unspecified atom stereocenters. The molecule has 1 aromatic heterocycles. The van der Waals surface area contributed by atoms with Crippen molar-refractivity contribution in [3.63, 3.8) is 0 Å². The molecule has 3 aromatic carbocycles. The van der Waals surface area contributed by atoms with Gasteiger partial charge >= 0.3 is 0 Å². The summed E-state index contributed by atoms with van der Waals surface area (Å²) in [4.78, 5) is 49.9. The molecule has 5 rings (SSSR count). The van der Waals surface area contributed by atoms with Gasteiger partial charge in [0.1, 0.15) is 6.54 Å². The maximum absolute atomic E-state index is 13.1. The van der Waals surface area contributed by atoms with Crippen LogP contribution in [0.1, 0.15) is 16.7 Å². The van der Waals surface area contributed by atoms with Crippen LogP contribution in [0.25, 0.3) is 17.0 Å². The minimum absolute atomic E-state index is 0.0233. The number of nitro groups is 1. The number of carbonyl (C=O) groups is 3. The van der Waals surface area contributed by atoms with E-state index in [1.165, 1.54) is 12.1 Å². The third kappa shape index (κ3) is 5.07. The number of nitro benzene ring substituents is 1. The van der Waals surface area contributed by atoms with Crippen LogP contribution in [0.15, 0.2) is 83.9 Å². The zero-order valence-corrected chi connectivity index (χ0v) is 21.1. The standard InChI is InChI=1S/C28H22N4O5S/c1-18-6-2-4-8-23(18)29-26(33)17-31-27(34)25(38-28(31)35)14-20-16-30(24-9-5-3-7-22(20)24)15-19-10-12-21(13-11-19)32(36)37/h2-14,16H,15,17H2,1H3,(H,29,33)/b25-14-. The fraction of sp³-hybridized carbons (Fsp3) is 0.107. The summed E-state index contributed by atoms with van der Waals surface area (Å²) in [7, 11) is 0. The minimum Gasteiger partial charge on any atom is -0.342 e. The van der Waals surface area contributed by atoms with E-state index in [9.17, 15) is 24.5 Å². The number of thioether (sulfide) groups is 1. The van der Waals surface area contributed by atoms with Gasteiger partial charge in [0.25, 0.3) is 16.8 Å². The number of amides is 3. The molecular weight excluding hydrogens is 504 g/mol. The van der Waals surface area contributed by atoms with E-state index in [-0.39, 0.29) is 17.1 Å². The number of benzene rings is 3. The lowest BCUT2D eigenvalue weighted by atomic mass is 10.1. The monoisotopic (exact) mass is 526 g/mol. The Morgan fingerprint density at radius 2 is 1.74 bits per heavy atom. The van der Waals surface area contributed by atoms with Gasteiger partial charge in [0.2, 0.25) is 5.91 Å². The first kappa shape index (κ1) is 25.0. The average Bonchev–Trinajstić information content (AvgIpc) is 3.37. The average molecular weight is 527 g/mol. The van der Waals surface area contributed by atoms with Crippen molar-refractivity contribution >= 4 is 57.2 Å². The number of rotatable bonds is 7. The Morgan fingerprint density at radius 3 is 2.47 bits per heavy atom. The van der Waals surface area contributed by atoms with Crippen molar-refractivity contribution in [2.75, 3.05) is 11.9 Å². The van der Waals surface area contributed by atoms with Crippen LogP contribution in [0, 0.1) is 17.0 Å². The normalized spacial score (nSPS) is 14.4. The second kappa shape index (κ2) is 10.3. The summed E-state index contributed by atoms with van der Waals surface area (Å²) < 4.78 is 1.99. The molecule has 1 aliphatic heterocycles. The maximum atomic E-state index is 13.1. The quantitative estimate of drug-likeness (QED) is 0.191. The van der Waals surface area contributed by atoms with Gasteiger partial charge in [0, 0.05) is 47.0 Å². The lowest BCUT2D eigenvalue weighted by molar-refractivity contribution is -0.384. The SMILES string of the molecule is Cc1ccccc1NC(=O)CN1C(=O)S/C(=C\c2cn(Cc3ccc([N+](=O)[O-])cc3)c3ccccc23)C1=O. The Morgan fingerprint density at radius 1 is 1.03 bits per heavy atom. The van der Waals surface area contributed by atoms with E-state index in [2.05, 4.69) is 5.32 Å². The molecule has 3 amide bonds. The minimum atomic E-state index is -0.521. The number of fused-ring (bicyclic) bond motifs is 1. The van der Waals surface area contributed by atoms with Crippen LogP contribution >= 0.6 is 11.8 Å². The van der Waals surface area contributed by atoms with Crippen molar-refractivity contribution in [1.29, 1.82) is 0 Å². The molecule has 1 fully saturated rings. The van der Waals surface area contributed by atoms with Crippen molar-refractivity contribution in [2.24, 2.45) is 0 Å². The Hall–Kier alpha value is -4.70. The molecule has 10 heteroatoms. The molecule has 0 atom stereocenters. The fourth-order valence-electron chi connectivity index (χ4n) is 4.26. The van der Waals surface area contributed by atoms with Crippen molar-refractivity contribution in [1.82, 2.24) is 9.47 Å². The molecule has 190 valence electrons. The Bertz CT molecular complexity index is 1620. The van der Waals surface area contributed by atoms with Gasteiger partial charge in [-0.3, -0.25) is 29.4 Å². The predicted molar refractivity (Wildman–Crippen MR) is 147 cm³/mol. The number of imide groups is 1. The molecule has 0 aliphatic carbocycles. The summed E-state index contributed by atoms with van der Waals surface area (Å²) in [5, 5.41) is 14.1. The number of aryl methyl sites for hydroxylation is 1. The number of nitrogens with zero attached hydrogens (tertiary/aromatic N) is 3. The number of non-ortho nitro benzene ring substituents is 1. The Balaban J connectivity index is 1.37. The first-order valence-corrected chi connectivity index (χ1v) is 12.5. The van der Waals surface area contributed by atoms with E-state index in [1.807, 2.05) is 54.1 Å². The largest absolute Gasteiger partial charge is 0.342 e. The van der Waals surface area contributed by atoms with E-state index >= 15 is 0 Å². The van der Waals surface area contributed by atoms with Crippen LogP contribution in [0.2, 0.25) is 0 Å². The van der Waals surface area contributed by atoms with Crippen molar-refractivity contribution < 1.29 is 19.3 Å². The molecule has 38 heavy (non-hydrogen) atoms. The first-order chi connectivity index (χ1) is 18.3. The number of hydrogen-bond donors (Lipinski definition) is 1. The van der Waals surface area contributed by atoms with Crippen molar-refractivity contribution in [3.05, 3.63) is 111 Å². The summed E-state index contributed by atoms with van der Waals surface area (Å²) >= 11 is 0.800. The van der Waals surface area contributed by atoms with Gasteiger partial charge in [-0.25, -0.2) is 0 Å². The van der Waals surface area contributed by atoms with Crippen LogP contribution < -0.4 is 5.32 Å². The van der Waals surface area contributed by atoms with E-state index in [0.29, 0.717) is 12.2 Å². The number of hydrogen-bond acceptors (Lipinski definition) is 6. The number of anilines is 1. The number of carbonyl (C=O) groups excluding carboxylic acids is 3. The Labute approximate surface area is 221 Å². The highest BCUT2D eigenvalue weighted by Crippen LogP contribution is 2.34. The first-order valence-electron chi connectivity index (χ1n) is 11.7. The van der Waals surface area contributed by atoms with Crippen molar-refractivity contribution in [2.45, 2.75) is 13.5 Å². The van der Waals surface area contributed by atoms with Crippen LogP contribution in [0.3, 0.4) is 0 Å². The molecule has 0 saturated carbocycles.